The highest BCUT2D eigenvalue weighted by Gasteiger charge is 2.49. The van der Waals surface area contributed by atoms with E-state index in [1.165, 1.54) is 48.3 Å². The van der Waals surface area contributed by atoms with Gasteiger partial charge in [-0.1, -0.05) is 25.1 Å². The number of nitrogens with two attached hydrogens (primary N) is 1. The van der Waals surface area contributed by atoms with Crippen LogP contribution in [-0.4, -0.2) is 30.4 Å². The summed E-state index contributed by atoms with van der Waals surface area (Å²) in [6.07, 6.45) is 0.401. The molecule has 142 valence electrons. The standard InChI is InChI=1S/C19H18F3N3O2/c1-3-11-10-13(6-9-15(11)27-17(21)22)19(12-4-7-14(20)8-5-12)16(26)25(2)18(23)24-19/h4-10,17H,3H2,1-2H3,(H2,23,24). The molecule has 1 heterocycles. The van der Waals surface area contributed by atoms with Crippen molar-refractivity contribution < 1.29 is 22.7 Å². The third-order valence-electron chi connectivity index (χ3n) is 4.58. The van der Waals surface area contributed by atoms with Crippen molar-refractivity contribution in [2.24, 2.45) is 10.7 Å². The summed E-state index contributed by atoms with van der Waals surface area (Å²) >= 11 is 0. The van der Waals surface area contributed by atoms with E-state index >= 15 is 0 Å². The third kappa shape index (κ3) is 3.11. The van der Waals surface area contributed by atoms with Gasteiger partial charge in [-0.25, -0.2) is 9.38 Å². The monoisotopic (exact) mass is 377 g/mol. The maximum Gasteiger partial charge on any atom is 0.387 e. The number of likely N-dealkylation sites (N-methyl/N-ethyl adjacent to an activating group) is 1. The van der Waals surface area contributed by atoms with Crippen LogP contribution in [0.5, 0.6) is 5.75 Å². The molecule has 0 aromatic heterocycles. The number of carbonyl (C=O) groups excluding carboxylic acids is 1. The fourth-order valence-electron chi connectivity index (χ4n) is 3.17. The maximum atomic E-state index is 13.4. The topological polar surface area (TPSA) is 67.9 Å². The van der Waals surface area contributed by atoms with Crippen LogP contribution >= 0.6 is 0 Å². The number of hydrogen-bond donors (Lipinski definition) is 1. The van der Waals surface area contributed by atoms with Gasteiger partial charge < -0.3 is 10.5 Å². The minimum Gasteiger partial charge on any atom is -0.435 e. The van der Waals surface area contributed by atoms with Crippen LogP contribution in [-0.2, 0) is 16.8 Å². The third-order valence-corrected chi connectivity index (χ3v) is 4.58. The van der Waals surface area contributed by atoms with Crippen LogP contribution in [0.3, 0.4) is 0 Å². The van der Waals surface area contributed by atoms with E-state index < -0.39 is 23.9 Å². The number of ether oxygens (including phenoxy) is 1. The molecule has 27 heavy (non-hydrogen) atoms. The van der Waals surface area contributed by atoms with Crippen LogP contribution in [0.25, 0.3) is 0 Å². The SMILES string of the molecule is CCc1cc(C2(c3ccc(F)cc3)N=C(N)N(C)C2=O)ccc1OC(F)F. The first-order valence-electron chi connectivity index (χ1n) is 8.27. The molecule has 5 nitrogen and oxygen atoms in total. The minimum absolute atomic E-state index is 0.00952. The molecule has 0 spiro atoms. The summed E-state index contributed by atoms with van der Waals surface area (Å²) in [7, 11) is 1.49. The fourth-order valence-corrected chi connectivity index (χ4v) is 3.17. The lowest BCUT2D eigenvalue weighted by Crippen LogP contribution is -2.41. The average Bonchev–Trinajstić information content (AvgIpc) is 2.87. The van der Waals surface area contributed by atoms with Crippen molar-refractivity contribution in [2.75, 3.05) is 7.05 Å². The quantitative estimate of drug-likeness (QED) is 0.871. The smallest absolute Gasteiger partial charge is 0.387 e. The number of alkyl halides is 2. The molecular formula is C19H18F3N3O2. The first-order chi connectivity index (χ1) is 12.8. The van der Waals surface area contributed by atoms with Gasteiger partial charge in [-0.3, -0.25) is 9.69 Å². The Morgan fingerprint density at radius 2 is 1.81 bits per heavy atom. The molecular weight excluding hydrogens is 359 g/mol. The summed E-state index contributed by atoms with van der Waals surface area (Å²) in [5.74, 6) is -0.840. The van der Waals surface area contributed by atoms with Gasteiger partial charge in [-0.15, -0.1) is 0 Å². The number of hydrogen-bond acceptors (Lipinski definition) is 4. The molecule has 1 aliphatic rings. The van der Waals surface area contributed by atoms with Crippen molar-refractivity contribution in [3.8, 4) is 5.75 Å². The molecule has 0 saturated heterocycles. The Labute approximate surface area is 154 Å². The predicted octanol–water partition coefficient (Wildman–Crippen LogP) is 3.02. The van der Waals surface area contributed by atoms with E-state index in [4.69, 9.17) is 5.73 Å². The molecule has 2 aromatic rings. The second-order valence-electron chi connectivity index (χ2n) is 6.11. The number of benzene rings is 2. The lowest BCUT2D eigenvalue weighted by molar-refractivity contribution is -0.129. The molecule has 1 unspecified atom stereocenters. The van der Waals surface area contributed by atoms with Crippen molar-refractivity contribution in [1.82, 2.24) is 4.90 Å². The van der Waals surface area contributed by atoms with Crippen molar-refractivity contribution in [3.63, 3.8) is 0 Å². The molecule has 8 heteroatoms. The molecule has 0 bridgehead atoms. The van der Waals surface area contributed by atoms with Gasteiger partial charge in [0.15, 0.2) is 11.5 Å². The molecule has 1 aliphatic heterocycles. The summed E-state index contributed by atoms with van der Waals surface area (Å²) in [5, 5.41) is 0. The van der Waals surface area contributed by atoms with Crippen LogP contribution in [0.4, 0.5) is 13.2 Å². The normalized spacial score (nSPS) is 19.6. The van der Waals surface area contributed by atoms with E-state index in [0.29, 0.717) is 23.1 Å². The van der Waals surface area contributed by atoms with Crippen LogP contribution < -0.4 is 10.5 Å². The van der Waals surface area contributed by atoms with Crippen molar-refractivity contribution in [2.45, 2.75) is 25.5 Å². The van der Waals surface area contributed by atoms with Gasteiger partial charge in [0.2, 0.25) is 0 Å². The number of carbonyl (C=O) groups is 1. The van der Waals surface area contributed by atoms with Gasteiger partial charge in [0.05, 0.1) is 0 Å². The summed E-state index contributed by atoms with van der Waals surface area (Å²) in [6, 6.07) is 9.83. The van der Waals surface area contributed by atoms with E-state index in [1.807, 2.05) is 0 Å². The Kier molecular flexibility index (Phi) is 4.82. The van der Waals surface area contributed by atoms with E-state index in [0.717, 1.165) is 0 Å². The van der Waals surface area contributed by atoms with Gasteiger partial charge in [0.25, 0.3) is 5.91 Å². The molecule has 1 amide bonds. The first-order valence-corrected chi connectivity index (χ1v) is 8.27. The van der Waals surface area contributed by atoms with Gasteiger partial charge in [0, 0.05) is 7.05 Å². The average molecular weight is 377 g/mol. The molecule has 2 N–H and O–H groups in total. The zero-order chi connectivity index (χ0) is 19.8. The van der Waals surface area contributed by atoms with Crippen molar-refractivity contribution in [1.29, 1.82) is 0 Å². The van der Waals surface area contributed by atoms with Gasteiger partial charge in [-0.05, 0) is 47.4 Å². The summed E-state index contributed by atoms with van der Waals surface area (Å²) < 4.78 is 43.2. The number of halogens is 3. The lowest BCUT2D eigenvalue weighted by atomic mass is 9.82. The zero-order valence-electron chi connectivity index (χ0n) is 14.7. The Morgan fingerprint density at radius 3 is 2.33 bits per heavy atom. The highest BCUT2D eigenvalue weighted by Crippen LogP contribution is 2.41. The number of amides is 1. The number of nitrogens with zero attached hydrogens (tertiary/aromatic N) is 2. The maximum absolute atomic E-state index is 13.4. The minimum atomic E-state index is -2.96. The lowest BCUT2D eigenvalue weighted by Gasteiger charge is -2.27. The van der Waals surface area contributed by atoms with Crippen LogP contribution in [0.2, 0.25) is 0 Å². The Balaban J connectivity index is 2.21. The highest BCUT2D eigenvalue weighted by atomic mass is 19.3. The first kappa shape index (κ1) is 18.8. The molecule has 3 rings (SSSR count). The van der Waals surface area contributed by atoms with Crippen LogP contribution in [0, 0.1) is 5.82 Å². The highest BCUT2D eigenvalue weighted by molar-refractivity contribution is 6.08. The molecule has 0 radical (unpaired) electrons. The van der Waals surface area contributed by atoms with Gasteiger partial charge >= 0.3 is 6.61 Å². The molecule has 0 saturated carbocycles. The van der Waals surface area contributed by atoms with Gasteiger partial charge in [0.1, 0.15) is 11.6 Å². The predicted molar refractivity (Wildman–Crippen MR) is 94.0 cm³/mol. The molecule has 0 fully saturated rings. The summed E-state index contributed by atoms with van der Waals surface area (Å²) in [4.78, 5) is 18.7. The van der Waals surface area contributed by atoms with E-state index in [9.17, 15) is 18.0 Å². The second kappa shape index (κ2) is 6.94. The number of aryl methyl sites for hydroxylation is 1. The second-order valence-corrected chi connectivity index (χ2v) is 6.11. The molecule has 1 atom stereocenters. The number of aliphatic imine (C=N–C) groups is 1. The molecule has 0 aliphatic carbocycles. The molecule has 2 aromatic carbocycles. The Bertz CT molecular complexity index is 900. The number of rotatable bonds is 5. The van der Waals surface area contributed by atoms with E-state index in [-0.39, 0.29) is 11.7 Å². The van der Waals surface area contributed by atoms with Crippen LogP contribution in [0.15, 0.2) is 47.5 Å². The zero-order valence-corrected chi connectivity index (χ0v) is 14.7. The Hall–Kier alpha value is -3.03. The van der Waals surface area contributed by atoms with Crippen molar-refractivity contribution >= 4 is 11.9 Å². The summed E-state index contributed by atoms with van der Waals surface area (Å²) in [6.45, 7) is -1.18. The van der Waals surface area contributed by atoms with Crippen molar-refractivity contribution in [3.05, 3.63) is 65.0 Å². The fraction of sp³-hybridized carbons (Fsp3) is 0.263. The van der Waals surface area contributed by atoms with E-state index in [1.54, 1.807) is 13.0 Å². The van der Waals surface area contributed by atoms with E-state index in [2.05, 4.69) is 9.73 Å². The summed E-state index contributed by atoms with van der Waals surface area (Å²) in [5.41, 5.74) is 5.71. The Morgan fingerprint density at radius 1 is 1.19 bits per heavy atom. The van der Waals surface area contributed by atoms with Gasteiger partial charge in [-0.2, -0.15) is 8.78 Å². The van der Waals surface area contributed by atoms with Crippen LogP contribution in [0.1, 0.15) is 23.6 Å². The largest absolute Gasteiger partial charge is 0.435 e. The number of guanidine groups is 1.